The van der Waals surface area contributed by atoms with Crippen LogP contribution in [0.1, 0.15) is 21.5 Å². The van der Waals surface area contributed by atoms with Crippen LogP contribution in [0.5, 0.6) is 0 Å². The van der Waals surface area contributed by atoms with Crippen LogP contribution in [-0.4, -0.2) is 74.1 Å². The Kier molecular flexibility index (Phi) is 8.22. The lowest BCUT2D eigenvalue weighted by Gasteiger charge is -2.32. The third-order valence-corrected chi connectivity index (χ3v) is 8.00. The van der Waals surface area contributed by atoms with Gasteiger partial charge in [0.2, 0.25) is 5.95 Å². The number of anilines is 3. The lowest BCUT2D eigenvalue weighted by molar-refractivity contribution is 0.102. The van der Waals surface area contributed by atoms with Gasteiger partial charge in [0.1, 0.15) is 10.5 Å². The second-order valence-corrected chi connectivity index (χ2v) is 11.2. The van der Waals surface area contributed by atoms with Crippen LogP contribution in [0.25, 0.3) is 21.8 Å². The van der Waals surface area contributed by atoms with Crippen LogP contribution in [0, 0.1) is 6.92 Å². The largest absolute Gasteiger partial charge is 0.324 e. The molecule has 2 N–H and O–H groups in total. The molecule has 5 aromatic rings. The molecule has 212 valence electrons. The quantitative estimate of drug-likeness (QED) is 0.260. The second-order valence-electron chi connectivity index (χ2n) is 10.4. The number of nitrogens with zero attached hydrogens (tertiary/aromatic N) is 7. The fourth-order valence-corrected chi connectivity index (χ4v) is 5.30. The van der Waals surface area contributed by atoms with Crippen LogP contribution in [0.2, 0.25) is 0 Å². The van der Waals surface area contributed by atoms with E-state index in [1.165, 1.54) is 16.9 Å². The minimum atomic E-state index is -0.156. The second kappa shape index (κ2) is 12.5. The van der Waals surface area contributed by atoms with Crippen LogP contribution in [0.3, 0.4) is 0 Å². The molecule has 10 nitrogen and oxygen atoms in total. The topological polar surface area (TPSA) is 112 Å². The van der Waals surface area contributed by atoms with Crippen molar-refractivity contribution in [2.24, 2.45) is 0 Å². The molecule has 1 aliphatic heterocycles. The number of aryl methyl sites for hydroxylation is 1. The van der Waals surface area contributed by atoms with Crippen LogP contribution in [0.4, 0.5) is 17.3 Å². The van der Waals surface area contributed by atoms with Gasteiger partial charge in [-0.3, -0.25) is 14.7 Å². The Bertz CT molecular complexity index is 1670. The normalized spacial score (nSPS) is 14.0. The van der Waals surface area contributed by atoms with Gasteiger partial charge >= 0.3 is 0 Å². The molecule has 6 rings (SSSR count). The smallest absolute Gasteiger partial charge is 0.255 e. The SMILES string of the molecule is Cc1ccc(NC(=O)c2ccc(CN3CCN(C)CC3)cc2)cc1Nc1nccc(-c2cncc(-c3nncs3)c2)n1. The van der Waals surface area contributed by atoms with Gasteiger partial charge in [-0.15, -0.1) is 10.2 Å². The number of amides is 1. The number of benzene rings is 2. The van der Waals surface area contributed by atoms with E-state index in [0.29, 0.717) is 17.2 Å². The van der Waals surface area contributed by atoms with Gasteiger partial charge in [-0.2, -0.15) is 0 Å². The predicted molar refractivity (Wildman–Crippen MR) is 166 cm³/mol. The maximum atomic E-state index is 13.0. The average molecular weight is 578 g/mol. The number of pyridine rings is 1. The molecule has 1 fully saturated rings. The Labute approximate surface area is 248 Å². The number of hydrogen-bond acceptors (Lipinski definition) is 10. The van der Waals surface area contributed by atoms with E-state index < -0.39 is 0 Å². The maximum Gasteiger partial charge on any atom is 0.255 e. The summed E-state index contributed by atoms with van der Waals surface area (Å²) >= 11 is 1.46. The van der Waals surface area contributed by atoms with Crippen molar-refractivity contribution in [3.8, 4) is 21.8 Å². The molecule has 0 unspecified atom stereocenters. The van der Waals surface area contributed by atoms with E-state index in [9.17, 15) is 4.79 Å². The summed E-state index contributed by atoms with van der Waals surface area (Å²) < 4.78 is 0. The first-order valence-corrected chi connectivity index (χ1v) is 14.6. The standard InChI is InChI=1S/C31H31N9OS/c1-21-3-8-26(35-29(41)23-6-4-22(5-7-23)19-40-13-11-39(2)12-14-40)16-28(21)37-31-33-10-9-27(36-31)24-15-25(18-32-17-24)30-38-34-20-42-30/h3-10,15-18,20H,11-14,19H2,1-2H3,(H,35,41)(H,33,36,37). The molecule has 1 saturated heterocycles. The fraction of sp³-hybridized carbons (Fsp3) is 0.226. The average Bonchev–Trinajstić information content (AvgIpc) is 3.56. The molecule has 2 aromatic carbocycles. The van der Waals surface area contributed by atoms with Crippen molar-refractivity contribution in [2.45, 2.75) is 13.5 Å². The van der Waals surface area contributed by atoms with Gasteiger partial charge in [0, 0.05) is 79.4 Å². The fourth-order valence-electron chi connectivity index (χ4n) is 4.76. The molecule has 42 heavy (non-hydrogen) atoms. The Morgan fingerprint density at radius 3 is 2.57 bits per heavy atom. The molecule has 0 aliphatic carbocycles. The van der Waals surface area contributed by atoms with Gasteiger partial charge in [-0.1, -0.05) is 29.5 Å². The first-order valence-electron chi connectivity index (χ1n) is 13.7. The highest BCUT2D eigenvalue weighted by Gasteiger charge is 2.15. The molecule has 3 aromatic heterocycles. The van der Waals surface area contributed by atoms with Gasteiger partial charge in [-0.25, -0.2) is 9.97 Å². The molecular weight excluding hydrogens is 546 g/mol. The van der Waals surface area contributed by atoms with Crippen molar-refractivity contribution < 1.29 is 4.79 Å². The van der Waals surface area contributed by atoms with Gasteiger partial charge in [0.25, 0.3) is 5.91 Å². The minimum Gasteiger partial charge on any atom is -0.324 e. The molecule has 1 aliphatic rings. The zero-order chi connectivity index (χ0) is 28.9. The molecule has 0 saturated carbocycles. The number of piperazine rings is 1. The van der Waals surface area contributed by atoms with Crippen LogP contribution >= 0.6 is 11.3 Å². The van der Waals surface area contributed by atoms with Crippen molar-refractivity contribution in [3.63, 3.8) is 0 Å². The highest BCUT2D eigenvalue weighted by atomic mass is 32.1. The molecular formula is C31H31N9OS. The molecule has 4 heterocycles. The Morgan fingerprint density at radius 2 is 1.79 bits per heavy atom. The number of nitrogens with one attached hydrogen (secondary N) is 2. The van der Waals surface area contributed by atoms with Crippen LogP contribution in [0.15, 0.2) is 78.7 Å². The minimum absolute atomic E-state index is 0.156. The summed E-state index contributed by atoms with van der Waals surface area (Å²) in [6.45, 7) is 7.19. The first kappa shape index (κ1) is 27.6. The molecule has 0 radical (unpaired) electrons. The van der Waals surface area contributed by atoms with Crippen LogP contribution < -0.4 is 10.6 Å². The molecule has 1 amide bonds. The summed E-state index contributed by atoms with van der Waals surface area (Å²) in [5, 5.41) is 15.2. The highest BCUT2D eigenvalue weighted by Crippen LogP contribution is 2.27. The molecule has 0 atom stereocenters. The van der Waals surface area contributed by atoms with Crippen molar-refractivity contribution in [2.75, 3.05) is 43.9 Å². The lowest BCUT2D eigenvalue weighted by atomic mass is 10.1. The van der Waals surface area contributed by atoms with Gasteiger partial charge in [0.05, 0.1) is 5.69 Å². The van der Waals surface area contributed by atoms with Crippen LogP contribution in [-0.2, 0) is 6.54 Å². The number of carbonyl (C=O) groups excluding carboxylic acids is 1. The van der Waals surface area contributed by atoms with E-state index in [0.717, 1.165) is 65.8 Å². The number of carbonyl (C=O) groups is 1. The Hall–Kier alpha value is -4.58. The number of rotatable bonds is 8. The van der Waals surface area contributed by atoms with Gasteiger partial charge < -0.3 is 15.5 Å². The van der Waals surface area contributed by atoms with E-state index in [4.69, 9.17) is 4.98 Å². The summed E-state index contributed by atoms with van der Waals surface area (Å²) in [6, 6.07) is 17.4. The maximum absolute atomic E-state index is 13.0. The molecule has 11 heteroatoms. The molecule has 0 spiro atoms. The van der Waals surface area contributed by atoms with E-state index in [1.807, 2.05) is 61.5 Å². The van der Waals surface area contributed by atoms with Crippen molar-refractivity contribution in [1.82, 2.24) is 34.9 Å². The third kappa shape index (κ3) is 6.65. The van der Waals surface area contributed by atoms with E-state index in [2.05, 4.69) is 47.6 Å². The number of hydrogen-bond donors (Lipinski definition) is 2. The van der Waals surface area contributed by atoms with E-state index in [1.54, 1.807) is 24.1 Å². The monoisotopic (exact) mass is 577 g/mol. The van der Waals surface area contributed by atoms with Crippen molar-refractivity contribution >= 4 is 34.6 Å². The van der Waals surface area contributed by atoms with Crippen molar-refractivity contribution in [1.29, 1.82) is 0 Å². The Balaban J connectivity index is 1.12. The zero-order valence-corrected chi connectivity index (χ0v) is 24.3. The lowest BCUT2D eigenvalue weighted by Crippen LogP contribution is -2.43. The van der Waals surface area contributed by atoms with Gasteiger partial charge in [0.15, 0.2) is 0 Å². The van der Waals surface area contributed by atoms with Gasteiger partial charge in [-0.05, 0) is 61.5 Å². The van der Waals surface area contributed by atoms with E-state index >= 15 is 0 Å². The summed E-state index contributed by atoms with van der Waals surface area (Å²) in [7, 11) is 2.16. The van der Waals surface area contributed by atoms with Crippen molar-refractivity contribution in [3.05, 3.63) is 95.4 Å². The molecule has 0 bridgehead atoms. The first-order chi connectivity index (χ1) is 20.5. The summed E-state index contributed by atoms with van der Waals surface area (Å²) in [6.07, 6.45) is 5.23. The number of likely N-dealkylation sites (N-methyl/N-ethyl adjacent to an activating group) is 1. The third-order valence-electron chi connectivity index (χ3n) is 7.26. The predicted octanol–water partition coefficient (Wildman–Crippen LogP) is 5.11. The Morgan fingerprint density at radius 1 is 0.976 bits per heavy atom. The van der Waals surface area contributed by atoms with E-state index in [-0.39, 0.29) is 5.91 Å². The summed E-state index contributed by atoms with van der Waals surface area (Å²) in [5.74, 6) is 0.286. The summed E-state index contributed by atoms with van der Waals surface area (Å²) in [4.78, 5) is 31.3. The summed E-state index contributed by atoms with van der Waals surface area (Å²) in [5.41, 5.74) is 8.45. The highest BCUT2D eigenvalue weighted by molar-refractivity contribution is 7.12. The number of aromatic nitrogens is 5. The zero-order valence-electron chi connectivity index (χ0n) is 23.5.